The van der Waals surface area contributed by atoms with Crippen molar-refractivity contribution in [1.82, 2.24) is 4.98 Å². The smallest absolute Gasteiger partial charge is 0.103 e. The third kappa shape index (κ3) is 2.45. The van der Waals surface area contributed by atoms with E-state index in [1.54, 1.807) is 6.20 Å². The van der Waals surface area contributed by atoms with Gasteiger partial charge in [0.2, 0.25) is 0 Å². The van der Waals surface area contributed by atoms with Crippen LogP contribution >= 0.6 is 0 Å². The molecular weight excluding hydrogens is 262 g/mol. The van der Waals surface area contributed by atoms with Crippen LogP contribution < -0.4 is 4.90 Å². The second kappa shape index (κ2) is 5.71. The van der Waals surface area contributed by atoms with Gasteiger partial charge in [-0.05, 0) is 24.8 Å². The maximum Gasteiger partial charge on any atom is 0.103 e. The zero-order valence-electron chi connectivity index (χ0n) is 12.2. The molecule has 2 aromatic rings. The predicted molar refractivity (Wildman–Crippen MR) is 83.3 cm³/mol. The Hall–Kier alpha value is -2.12. The normalized spacial score (nSPS) is 18.7. The Morgan fingerprint density at radius 1 is 1.48 bits per heavy atom. The molecule has 1 aromatic carbocycles. The summed E-state index contributed by atoms with van der Waals surface area (Å²) in [6, 6.07) is 8.38. The van der Waals surface area contributed by atoms with Gasteiger partial charge in [-0.2, -0.15) is 5.26 Å². The number of aromatic nitrogens is 1. The van der Waals surface area contributed by atoms with Crippen molar-refractivity contribution >= 4 is 16.6 Å². The lowest BCUT2D eigenvalue weighted by Gasteiger charge is -2.33. The minimum Gasteiger partial charge on any atom is -0.391 e. The number of aryl methyl sites for hydroxylation is 1. The van der Waals surface area contributed by atoms with Gasteiger partial charge >= 0.3 is 0 Å². The standard InChI is InChI=1S/C17H19N3O/c1-2-12-5-3-7-15-16(12)19-10-13(9-18)17(15)20-8-4-6-14(21)11-20/h3,5,7,10,14,21H,2,4,6,8,11H2,1H3/t14-/m0/s1. The van der Waals surface area contributed by atoms with Gasteiger partial charge < -0.3 is 10.0 Å². The zero-order valence-corrected chi connectivity index (χ0v) is 12.2. The number of benzene rings is 1. The van der Waals surface area contributed by atoms with E-state index in [2.05, 4.69) is 28.9 Å². The summed E-state index contributed by atoms with van der Waals surface area (Å²) in [4.78, 5) is 6.62. The Balaban J connectivity index is 2.21. The van der Waals surface area contributed by atoms with Crippen molar-refractivity contribution in [2.45, 2.75) is 32.3 Å². The van der Waals surface area contributed by atoms with Gasteiger partial charge in [0.05, 0.1) is 22.9 Å². The summed E-state index contributed by atoms with van der Waals surface area (Å²) in [6.07, 6.45) is 4.05. The number of piperidine rings is 1. The number of nitrogens with zero attached hydrogens (tertiary/aromatic N) is 3. The van der Waals surface area contributed by atoms with Gasteiger partial charge in [0, 0.05) is 24.7 Å². The highest BCUT2D eigenvalue weighted by atomic mass is 16.3. The maximum absolute atomic E-state index is 9.94. The molecule has 0 aliphatic carbocycles. The fourth-order valence-corrected chi connectivity index (χ4v) is 3.14. The Labute approximate surface area is 124 Å². The lowest BCUT2D eigenvalue weighted by Crippen LogP contribution is -2.38. The highest BCUT2D eigenvalue weighted by molar-refractivity contribution is 5.96. The number of para-hydroxylation sites is 1. The number of aliphatic hydroxyl groups excluding tert-OH is 1. The monoisotopic (exact) mass is 281 g/mol. The van der Waals surface area contributed by atoms with E-state index in [1.807, 2.05) is 12.1 Å². The van der Waals surface area contributed by atoms with Crippen LogP contribution in [0, 0.1) is 11.3 Å². The van der Waals surface area contributed by atoms with Crippen LogP contribution in [0.3, 0.4) is 0 Å². The highest BCUT2D eigenvalue weighted by Crippen LogP contribution is 2.32. The molecule has 4 heteroatoms. The molecule has 0 bridgehead atoms. The van der Waals surface area contributed by atoms with Crippen LogP contribution in [0.15, 0.2) is 24.4 Å². The fourth-order valence-electron chi connectivity index (χ4n) is 3.14. The molecule has 0 radical (unpaired) electrons. The van der Waals surface area contributed by atoms with Crippen LogP contribution in [0.1, 0.15) is 30.9 Å². The second-order valence-electron chi connectivity index (χ2n) is 5.54. The summed E-state index contributed by atoms with van der Waals surface area (Å²) < 4.78 is 0. The van der Waals surface area contributed by atoms with Crippen molar-refractivity contribution in [2.75, 3.05) is 18.0 Å². The molecule has 1 aliphatic rings. The Morgan fingerprint density at radius 2 is 2.33 bits per heavy atom. The van der Waals surface area contributed by atoms with Crippen molar-refractivity contribution in [3.05, 3.63) is 35.5 Å². The van der Waals surface area contributed by atoms with Gasteiger partial charge in [0.1, 0.15) is 6.07 Å². The van der Waals surface area contributed by atoms with E-state index in [0.717, 1.165) is 42.4 Å². The lowest BCUT2D eigenvalue weighted by molar-refractivity contribution is 0.154. The quantitative estimate of drug-likeness (QED) is 0.919. The average molecular weight is 281 g/mol. The number of nitriles is 1. The molecular formula is C17H19N3O. The third-order valence-electron chi connectivity index (χ3n) is 4.17. The zero-order chi connectivity index (χ0) is 14.8. The predicted octanol–water partition coefficient (Wildman–Crippen LogP) is 2.63. The van der Waals surface area contributed by atoms with Gasteiger partial charge in [-0.25, -0.2) is 0 Å². The summed E-state index contributed by atoms with van der Waals surface area (Å²) >= 11 is 0. The van der Waals surface area contributed by atoms with Gasteiger partial charge in [-0.1, -0.05) is 25.1 Å². The molecule has 0 spiro atoms. The van der Waals surface area contributed by atoms with E-state index in [4.69, 9.17) is 0 Å². The number of aliphatic hydroxyl groups is 1. The van der Waals surface area contributed by atoms with E-state index in [9.17, 15) is 10.4 Å². The summed E-state index contributed by atoms with van der Waals surface area (Å²) in [5.74, 6) is 0. The number of fused-ring (bicyclic) bond motifs is 1. The highest BCUT2D eigenvalue weighted by Gasteiger charge is 2.22. The minimum absolute atomic E-state index is 0.317. The molecule has 1 fully saturated rings. The molecule has 3 rings (SSSR count). The first-order valence-corrected chi connectivity index (χ1v) is 7.48. The minimum atomic E-state index is -0.317. The number of rotatable bonds is 2. The first kappa shape index (κ1) is 13.8. The average Bonchev–Trinajstić information content (AvgIpc) is 2.53. The Morgan fingerprint density at radius 3 is 3.05 bits per heavy atom. The molecule has 0 unspecified atom stereocenters. The summed E-state index contributed by atoms with van der Waals surface area (Å²) in [6.45, 7) is 3.57. The molecule has 1 aliphatic heterocycles. The van der Waals surface area contributed by atoms with Crippen LogP contribution in [0.25, 0.3) is 10.9 Å². The molecule has 1 atom stereocenters. The number of hydrogen-bond acceptors (Lipinski definition) is 4. The molecule has 21 heavy (non-hydrogen) atoms. The number of pyridine rings is 1. The van der Waals surface area contributed by atoms with Crippen LogP contribution in [0.4, 0.5) is 5.69 Å². The fraction of sp³-hybridized carbons (Fsp3) is 0.412. The first-order valence-electron chi connectivity index (χ1n) is 7.48. The lowest BCUT2D eigenvalue weighted by atomic mass is 10.0. The van der Waals surface area contributed by atoms with Crippen molar-refractivity contribution in [3.63, 3.8) is 0 Å². The molecule has 1 aromatic heterocycles. The summed E-state index contributed by atoms with van der Waals surface area (Å²) in [5, 5.41) is 20.4. The SMILES string of the molecule is CCc1cccc2c(N3CCC[C@H](O)C3)c(C#N)cnc12. The van der Waals surface area contributed by atoms with Crippen molar-refractivity contribution < 1.29 is 5.11 Å². The molecule has 4 nitrogen and oxygen atoms in total. The second-order valence-corrected chi connectivity index (χ2v) is 5.54. The molecule has 0 amide bonds. The van der Waals surface area contributed by atoms with Crippen LogP contribution in [-0.4, -0.2) is 29.3 Å². The van der Waals surface area contributed by atoms with Crippen LogP contribution in [0.2, 0.25) is 0 Å². The van der Waals surface area contributed by atoms with Crippen molar-refractivity contribution in [3.8, 4) is 6.07 Å². The Bertz CT molecular complexity index is 705. The number of hydrogen-bond donors (Lipinski definition) is 1. The largest absolute Gasteiger partial charge is 0.391 e. The molecule has 2 heterocycles. The van der Waals surface area contributed by atoms with E-state index < -0.39 is 0 Å². The van der Waals surface area contributed by atoms with Crippen LogP contribution in [-0.2, 0) is 6.42 Å². The van der Waals surface area contributed by atoms with Crippen molar-refractivity contribution in [1.29, 1.82) is 5.26 Å². The number of β-amino-alcohol motifs (C(OH)–C–C–N with tert-alkyl or cyclic N) is 1. The maximum atomic E-state index is 9.94. The molecule has 1 saturated heterocycles. The summed E-state index contributed by atoms with van der Waals surface area (Å²) in [7, 11) is 0. The Kier molecular flexibility index (Phi) is 3.76. The van der Waals surface area contributed by atoms with Gasteiger partial charge in [-0.3, -0.25) is 4.98 Å². The summed E-state index contributed by atoms with van der Waals surface area (Å²) in [5.41, 5.74) is 3.67. The number of anilines is 1. The van der Waals surface area contributed by atoms with Crippen molar-refractivity contribution in [2.24, 2.45) is 0 Å². The van der Waals surface area contributed by atoms with Gasteiger partial charge in [-0.15, -0.1) is 0 Å². The van der Waals surface area contributed by atoms with E-state index in [-0.39, 0.29) is 6.10 Å². The van der Waals surface area contributed by atoms with E-state index >= 15 is 0 Å². The first-order chi connectivity index (χ1) is 10.2. The van der Waals surface area contributed by atoms with E-state index in [1.165, 1.54) is 5.56 Å². The van der Waals surface area contributed by atoms with Gasteiger partial charge in [0.25, 0.3) is 0 Å². The molecule has 0 saturated carbocycles. The third-order valence-corrected chi connectivity index (χ3v) is 4.17. The van der Waals surface area contributed by atoms with Gasteiger partial charge in [0.15, 0.2) is 0 Å². The topological polar surface area (TPSA) is 60.1 Å². The van der Waals surface area contributed by atoms with E-state index in [0.29, 0.717) is 12.1 Å². The molecule has 108 valence electrons. The van der Waals surface area contributed by atoms with Crippen LogP contribution in [0.5, 0.6) is 0 Å². The molecule has 1 N–H and O–H groups in total.